The summed E-state index contributed by atoms with van der Waals surface area (Å²) in [5.41, 5.74) is 6.02. The first-order valence-electron chi connectivity index (χ1n) is 6.74. The molecule has 1 aliphatic rings. The average molecular weight is 265 g/mol. The van der Waals surface area contributed by atoms with Crippen LogP contribution in [0.2, 0.25) is 0 Å². The van der Waals surface area contributed by atoms with E-state index in [2.05, 4.69) is 10.4 Å². The molecule has 0 spiro atoms. The highest BCUT2D eigenvalue weighted by atomic mass is 16.5. The molecule has 5 nitrogen and oxygen atoms in total. The molecule has 1 aromatic heterocycles. The van der Waals surface area contributed by atoms with Gasteiger partial charge in [-0.15, -0.1) is 0 Å². The van der Waals surface area contributed by atoms with Gasteiger partial charge in [0.1, 0.15) is 5.75 Å². The number of nitrogens with one attached hydrogen (secondary N) is 1. The number of pyridine rings is 1. The van der Waals surface area contributed by atoms with Crippen LogP contribution in [0, 0.1) is 13.8 Å². The van der Waals surface area contributed by atoms with Gasteiger partial charge in [-0.1, -0.05) is 0 Å². The van der Waals surface area contributed by atoms with Gasteiger partial charge in [-0.05, 0) is 26.7 Å². The van der Waals surface area contributed by atoms with Crippen LogP contribution in [-0.4, -0.2) is 30.8 Å². The van der Waals surface area contributed by atoms with Crippen LogP contribution in [0.1, 0.15) is 29.7 Å². The molecule has 106 valence electrons. The molecule has 1 aromatic rings. The summed E-state index contributed by atoms with van der Waals surface area (Å²) in [5.74, 6) is 6.57. The lowest BCUT2D eigenvalue weighted by Crippen LogP contribution is -2.45. The third-order valence-electron chi connectivity index (χ3n) is 3.79. The van der Waals surface area contributed by atoms with Crippen molar-refractivity contribution in [1.82, 2.24) is 10.4 Å². The Balaban J connectivity index is 2.17. The van der Waals surface area contributed by atoms with Crippen molar-refractivity contribution in [3.63, 3.8) is 0 Å². The van der Waals surface area contributed by atoms with Crippen LogP contribution in [0.25, 0.3) is 0 Å². The fraction of sp³-hybridized carbons (Fsp3) is 0.643. The highest BCUT2D eigenvalue weighted by Gasteiger charge is 2.26. The second kappa shape index (κ2) is 6.32. The Hall–Kier alpha value is -1.17. The number of ether oxygens (including phenoxy) is 2. The number of aromatic nitrogens is 1. The monoisotopic (exact) mass is 265 g/mol. The number of aryl methyl sites for hydroxylation is 1. The van der Waals surface area contributed by atoms with Crippen LogP contribution >= 0.6 is 0 Å². The quantitative estimate of drug-likeness (QED) is 0.619. The molecule has 0 aliphatic carbocycles. The van der Waals surface area contributed by atoms with Gasteiger partial charge >= 0.3 is 0 Å². The SMILES string of the molecule is COc1c(C)cnc(CC(NN)C2CCCO2)c1C. The first-order valence-corrected chi connectivity index (χ1v) is 6.74. The number of hydrazine groups is 1. The van der Waals surface area contributed by atoms with E-state index >= 15 is 0 Å². The molecule has 19 heavy (non-hydrogen) atoms. The van der Waals surface area contributed by atoms with Crippen molar-refractivity contribution in [3.8, 4) is 5.75 Å². The zero-order valence-corrected chi connectivity index (χ0v) is 11.9. The summed E-state index contributed by atoms with van der Waals surface area (Å²) in [6, 6.07) is 0.0983. The van der Waals surface area contributed by atoms with E-state index < -0.39 is 0 Å². The summed E-state index contributed by atoms with van der Waals surface area (Å²) in [6.07, 6.45) is 4.94. The Morgan fingerprint density at radius 3 is 2.95 bits per heavy atom. The van der Waals surface area contributed by atoms with Crippen molar-refractivity contribution in [1.29, 1.82) is 0 Å². The predicted molar refractivity (Wildman–Crippen MR) is 74.1 cm³/mol. The largest absolute Gasteiger partial charge is 0.496 e. The summed E-state index contributed by atoms with van der Waals surface area (Å²) < 4.78 is 11.1. The zero-order valence-electron chi connectivity index (χ0n) is 11.9. The lowest BCUT2D eigenvalue weighted by Gasteiger charge is -2.23. The van der Waals surface area contributed by atoms with Crippen LogP contribution in [0.5, 0.6) is 5.75 Å². The Morgan fingerprint density at radius 2 is 2.37 bits per heavy atom. The van der Waals surface area contributed by atoms with E-state index in [1.54, 1.807) is 7.11 Å². The number of nitrogens with zero attached hydrogens (tertiary/aromatic N) is 1. The number of rotatable bonds is 5. The number of hydrogen-bond donors (Lipinski definition) is 2. The highest BCUT2D eigenvalue weighted by molar-refractivity contribution is 5.41. The van der Waals surface area contributed by atoms with E-state index in [1.807, 2.05) is 20.0 Å². The molecule has 1 fully saturated rings. The highest BCUT2D eigenvalue weighted by Crippen LogP contribution is 2.26. The van der Waals surface area contributed by atoms with Crippen LogP contribution in [0.15, 0.2) is 6.20 Å². The van der Waals surface area contributed by atoms with E-state index in [4.69, 9.17) is 15.3 Å². The van der Waals surface area contributed by atoms with E-state index in [0.29, 0.717) is 0 Å². The molecule has 0 aromatic carbocycles. The second-order valence-electron chi connectivity index (χ2n) is 5.07. The molecule has 2 atom stereocenters. The molecule has 0 bridgehead atoms. The Kier molecular flexibility index (Phi) is 4.74. The fourth-order valence-corrected chi connectivity index (χ4v) is 2.70. The molecule has 0 amide bonds. The molecule has 0 radical (unpaired) electrons. The third kappa shape index (κ3) is 3.05. The minimum absolute atomic E-state index is 0.0983. The lowest BCUT2D eigenvalue weighted by molar-refractivity contribution is 0.0781. The predicted octanol–water partition coefficient (Wildman–Crippen LogP) is 1.26. The molecular formula is C14H23N3O2. The van der Waals surface area contributed by atoms with E-state index in [9.17, 15) is 0 Å². The van der Waals surface area contributed by atoms with E-state index in [0.717, 1.165) is 48.4 Å². The minimum atomic E-state index is 0.0983. The number of methoxy groups -OCH3 is 1. The third-order valence-corrected chi connectivity index (χ3v) is 3.79. The normalized spacial score (nSPS) is 20.5. The van der Waals surface area contributed by atoms with Gasteiger partial charge in [-0.25, -0.2) is 0 Å². The molecule has 5 heteroatoms. The average Bonchev–Trinajstić information content (AvgIpc) is 2.92. The van der Waals surface area contributed by atoms with Gasteiger partial charge in [0, 0.05) is 36.0 Å². The van der Waals surface area contributed by atoms with Crippen LogP contribution in [0.3, 0.4) is 0 Å². The molecule has 0 saturated carbocycles. The zero-order chi connectivity index (χ0) is 13.8. The van der Waals surface area contributed by atoms with Crippen molar-refractivity contribution < 1.29 is 9.47 Å². The summed E-state index contributed by atoms with van der Waals surface area (Å²) in [6.45, 7) is 4.87. The lowest BCUT2D eigenvalue weighted by atomic mass is 9.99. The first kappa shape index (κ1) is 14.2. The van der Waals surface area contributed by atoms with E-state index in [-0.39, 0.29) is 12.1 Å². The topological polar surface area (TPSA) is 69.4 Å². The standard InChI is InChI=1S/C14H23N3O2/c1-9-8-16-11(10(2)14(9)18-3)7-12(17-15)13-5-4-6-19-13/h8,12-13,17H,4-7,15H2,1-3H3. The maximum Gasteiger partial charge on any atom is 0.128 e. The molecule has 2 unspecified atom stereocenters. The molecule has 2 rings (SSSR count). The molecular weight excluding hydrogens is 242 g/mol. The van der Waals surface area contributed by atoms with Gasteiger partial charge in [0.25, 0.3) is 0 Å². The Labute approximate surface area is 114 Å². The van der Waals surface area contributed by atoms with Gasteiger partial charge in [0.2, 0.25) is 0 Å². The fourth-order valence-electron chi connectivity index (χ4n) is 2.70. The van der Waals surface area contributed by atoms with Crippen molar-refractivity contribution in [3.05, 3.63) is 23.0 Å². The van der Waals surface area contributed by atoms with Gasteiger partial charge in [-0.3, -0.25) is 16.3 Å². The van der Waals surface area contributed by atoms with Crippen LogP contribution < -0.4 is 16.0 Å². The number of nitrogens with two attached hydrogens (primary N) is 1. The van der Waals surface area contributed by atoms with Crippen molar-refractivity contribution in [2.24, 2.45) is 5.84 Å². The molecule has 3 N–H and O–H groups in total. The molecule has 2 heterocycles. The minimum Gasteiger partial charge on any atom is -0.496 e. The van der Waals surface area contributed by atoms with Crippen LogP contribution in [0.4, 0.5) is 0 Å². The van der Waals surface area contributed by atoms with Crippen molar-refractivity contribution in [2.45, 2.75) is 45.3 Å². The molecule has 1 aliphatic heterocycles. The summed E-state index contributed by atoms with van der Waals surface area (Å²) in [7, 11) is 1.69. The van der Waals surface area contributed by atoms with Gasteiger partial charge in [0.05, 0.1) is 19.3 Å². The van der Waals surface area contributed by atoms with Crippen molar-refractivity contribution >= 4 is 0 Å². The van der Waals surface area contributed by atoms with Gasteiger partial charge in [-0.2, -0.15) is 0 Å². The first-order chi connectivity index (χ1) is 9.17. The Morgan fingerprint density at radius 1 is 1.58 bits per heavy atom. The smallest absolute Gasteiger partial charge is 0.128 e. The van der Waals surface area contributed by atoms with Crippen molar-refractivity contribution in [2.75, 3.05) is 13.7 Å². The summed E-state index contributed by atoms with van der Waals surface area (Å²) >= 11 is 0. The Bertz CT molecular complexity index is 431. The van der Waals surface area contributed by atoms with Crippen LogP contribution in [-0.2, 0) is 11.2 Å². The maximum atomic E-state index is 5.70. The van der Waals surface area contributed by atoms with E-state index in [1.165, 1.54) is 0 Å². The van der Waals surface area contributed by atoms with Gasteiger partial charge < -0.3 is 9.47 Å². The second-order valence-corrected chi connectivity index (χ2v) is 5.07. The number of hydrogen-bond acceptors (Lipinski definition) is 5. The summed E-state index contributed by atoms with van der Waals surface area (Å²) in [4.78, 5) is 4.51. The molecule has 1 saturated heterocycles. The maximum absolute atomic E-state index is 5.70. The van der Waals surface area contributed by atoms with Gasteiger partial charge in [0.15, 0.2) is 0 Å². The summed E-state index contributed by atoms with van der Waals surface area (Å²) in [5, 5.41) is 0.